The summed E-state index contributed by atoms with van der Waals surface area (Å²) in [5.41, 5.74) is 0. The monoisotopic (exact) mass is 1130 g/mol. The minimum absolute atomic E-state index is 0.0779. The van der Waals surface area contributed by atoms with E-state index in [2.05, 4.69) is 93.7 Å². The van der Waals surface area contributed by atoms with Gasteiger partial charge < -0.3 is 14.2 Å². The molecule has 0 aromatic heterocycles. The molecule has 81 heavy (non-hydrogen) atoms. The zero-order chi connectivity index (χ0) is 58.5. The third kappa shape index (κ3) is 67.5. The van der Waals surface area contributed by atoms with Gasteiger partial charge in [0.1, 0.15) is 13.2 Å². The molecular weight excluding hydrogens is 997 g/mol. The van der Waals surface area contributed by atoms with E-state index < -0.39 is 6.10 Å². The molecular formula is C75H134O6. The summed E-state index contributed by atoms with van der Waals surface area (Å²) < 4.78 is 17.0. The van der Waals surface area contributed by atoms with E-state index in [4.69, 9.17) is 14.2 Å². The highest BCUT2D eigenvalue weighted by Gasteiger charge is 2.19. The second kappa shape index (κ2) is 69.3. The van der Waals surface area contributed by atoms with Gasteiger partial charge in [-0.05, 0) is 89.9 Å². The standard InChI is InChI=1S/C75H134O6/c1-4-7-10-13-16-19-22-25-28-31-33-35-37-39-40-42-44-47-50-53-56-59-62-65-68-74(77)80-71-72(70-79-73(76)67-64-61-58-55-52-49-46-30-27-24-21-18-15-12-9-6-3)81-75(78)69-66-63-60-57-54-51-48-45-43-41-38-36-34-32-29-26-23-20-17-14-11-8-5-2/h8,11,17,20-21,24,26,29-30,34,36,46,72H,4-7,9-10,12-16,18-19,22-23,25,27-28,31-33,35,37-45,47-71H2,1-3H3/b11-8-,20-17-,24-21-,29-26-,36-34-,46-30-. The number of esters is 3. The van der Waals surface area contributed by atoms with Gasteiger partial charge in [0.05, 0.1) is 0 Å². The van der Waals surface area contributed by atoms with Crippen LogP contribution in [0.5, 0.6) is 0 Å². The zero-order valence-electron chi connectivity index (χ0n) is 54.1. The van der Waals surface area contributed by atoms with Gasteiger partial charge in [-0.25, -0.2) is 0 Å². The molecule has 1 unspecified atom stereocenters. The largest absolute Gasteiger partial charge is 0.462 e. The van der Waals surface area contributed by atoms with Crippen LogP contribution in [0.1, 0.15) is 367 Å². The fourth-order valence-corrected chi connectivity index (χ4v) is 10.4. The summed E-state index contributed by atoms with van der Waals surface area (Å²) in [5.74, 6) is -0.874. The summed E-state index contributed by atoms with van der Waals surface area (Å²) in [6, 6.07) is 0. The van der Waals surface area contributed by atoms with Gasteiger partial charge in [0.25, 0.3) is 0 Å². The first-order chi connectivity index (χ1) is 40.0. The molecule has 470 valence electrons. The van der Waals surface area contributed by atoms with Crippen molar-refractivity contribution >= 4 is 17.9 Å². The van der Waals surface area contributed by atoms with Crippen LogP contribution in [0.4, 0.5) is 0 Å². The van der Waals surface area contributed by atoms with E-state index in [0.717, 1.165) is 103 Å². The van der Waals surface area contributed by atoms with Gasteiger partial charge in [-0.2, -0.15) is 0 Å². The number of ether oxygens (including phenoxy) is 3. The van der Waals surface area contributed by atoms with Gasteiger partial charge in [0.2, 0.25) is 0 Å². The predicted octanol–water partition coefficient (Wildman–Crippen LogP) is 24.4. The summed E-state index contributed by atoms with van der Waals surface area (Å²) >= 11 is 0. The van der Waals surface area contributed by atoms with E-state index in [1.165, 1.54) is 225 Å². The molecule has 0 aromatic carbocycles. The molecule has 6 heteroatoms. The molecule has 0 fully saturated rings. The van der Waals surface area contributed by atoms with Crippen LogP contribution in [-0.4, -0.2) is 37.2 Å². The summed E-state index contributed by atoms with van der Waals surface area (Å²) in [6.07, 6.45) is 90.7. The number of allylic oxidation sites excluding steroid dienone is 12. The molecule has 0 amide bonds. The van der Waals surface area contributed by atoms with Gasteiger partial charge in [-0.3, -0.25) is 14.4 Å². The number of hydrogen-bond donors (Lipinski definition) is 0. The molecule has 0 heterocycles. The molecule has 0 aliphatic rings. The van der Waals surface area contributed by atoms with Gasteiger partial charge in [0, 0.05) is 19.3 Å². The molecule has 0 rings (SSSR count). The van der Waals surface area contributed by atoms with Crippen molar-refractivity contribution in [1.82, 2.24) is 0 Å². The molecule has 0 saturated carbocycles. The average molecular weight is 1130 g/mol. The van der Waals surface area contributed by atoms with E-state index in [1.807, 2.05) is 0 Å². The lowest BCUT2D eigenvalue weighted by Crippen LogP contribution is -2.30. The Morgan fingerprint density at radius 2 is 0.481 bits per heavy atom. The van der Waals surface area contributed by atoms with Crippen molar-refractivity contribution in [3.63, 3.8) is 0 Å². The molecule has 1 atom stereocenters. The highest BCUT2D eigenvalue weighted by molar-refractivity contribution is 5.71. The van der Waals surface area contributed by atoms with Gasteiger partial charge in [0.15, 0.2) is 6.10 Å². The lowest BCUT2D eigenvalue weighted by atomic mass is 10.0. The topological polar surface area (TPSA) is 78.9 Å². The van der Waals surface area contributed by atoms with E-state index in [1.54, 1.807) is 0 Å². The van der Waals surface area contributed by atoms with Crippen molar-refractivity contribution in [3.05, 3.63) is 72.9 Å². The molecule has 0 radical (unpaired) electrons. The predicted molar refractivity (Wildman–Crippen MR) is 353 cm³/mol. The molecule has 0 aliphatic heterocycles. The van der Waals surface area contributed by atoms with Crippen molar-refractivity contribution < 1.29 is 28.6 Å². The van der Waals surface area contributed by atoms with Crippen LogP contribution in [-0.2, 0) is 28.6 Å². The van der Waals surface area contributed by atoms with Crippen molar-refractivity contribution in [2.24, 2.45) is 0 Å². The van der Waals surface area contributed by atoms with Crippen molar-refractivity contribution in [2.75, 3.05) is 13.2 Å². The first-order valence-corrected chi connectivity index (χ1v) is 35.4. The summed E-state index contributed by atoms with van der Waals surface area (Å²) in [4.78, 5) is 38.5. The quantitative estimate of drug-likeness (QED) is 0.0261. The summed E-state index contributed by atoms with van der Waals surface area (Å²) in [7, 11) is 0. The third-order valence-corrected chi connectivity index (χ3v) is 15.7. The van der Waals surface area contributed by atoms with Crippen molar-refractivity contribution in [3.8, 4) is 0 Å². The average Bonchev–Trinajstić information content (AvgIpc) is 3.47. The highest BCUT2D eigenvalue weighted by atomic mass is 16.6. The maximum absolute atomic E-state index is 13.0. The number of rotatable bonds is 65. The normalized spacial score (nSPS) is 12.5. The van der Waals surface area contributed by atoms with Gasteiger partial charge in [-0.15, -0.1) is 0 Å². The van der Waals surface area contributed by atoms with E-state index in [-0.39, 0.29) is 31.1 Å². The Hall–Kier alpha value is -3.15. The molecule has 0 bridgehead atoms. The SMILES string of the molecule is CC/C=C\C/C=C\C/C=C\C/C=C\CCCCCCCCCCCCC(=O)OC(COC(=O)CCCCCCC/C=C\C/C=C\CCCCCC)COC(=O)CCCCCCCCCCCCCCCCCCCCCCCCCC. The van der Waals surface area contributed by atoms with Gasteiger partial charge in [-0.1, -0.05) is 331 Å². The van der Waals surface area contributed by atoms with E-state index in [9.17, 15) is 14.4 Å². The molecule has 0 aliphatic carbocycles. The first-order valence-electron chi connectivity index (χ1n) is 35.4. The van der Waals surface area contributed by atoms with Crippen LogP contribution in [0.2, 0.25) is 0 Å². The van der Waals surface area contributed by atoms with E-state index in [0.29, 0.717) is 19.3 Å². The minimum Gasteiger partial charge on any atom is -0.462 e. The van der Waals surface area contributed by atoms with Gasteiger partial charge >= 0.3 is 17.9 Å². The molecule has 0 saturated heterocycles. The van der Waals surface area contributed by atoms with E-state index >= 15 is 0 Å². The smallest absolute Gasteiger partial charge is 0.306 e. The second-order valence-electron chi connectivity index (χ2n) is 23.8. The maximum Gasteiger partial charge on any atom is 0.306 e. The Kier molecular flexibility index (Phi) is 66.6. The fraction of sp³-hybridized carbons (Fsp3) is 0.800. The Bertz CT molecular complexity index is 1490. The second-order valence-corrected chi connectivity index (χ2v) is 23.8. The van der Waals surface area contributed by atoms with Crippen LogP contribution in [0.3, 0.4) is 0 Å². The zero-order valence-corrected chi connectivity index (χ0v) is 54.1. The van der Waals surface area contributed by atoms with Crippen LogP contribution in [0, 0.1) is 0 Å². The van der Waals surface area contributed by atoms with Crippen molar-refractivity contribution in [2.45, 2.75) is 374 Å². The first kappa shape index (κ1) is 77.9. The molecule has 0 spiro atoms. The minimum atomic E-state index is -0.784. The Morgan fingerprint density at radius 1 is 0.259 bits per heavy atom. The third-order valence-electron chi connectivity index (χ3n) is 15.7. The molecule has 0 aromatic rings. The Morgan fingerprint density at radius 3 is 0.765 bits per heavy atom. The number of carbonyl (C=O) groups excluding carboxylic acids is 3. The highest BCUT2D eigenvalue weighted by Crippen LogP contribution is 2.18. The Balaban J connectivity index is 4.32. The molecule has 0 N–H and O–H groups in total. The summed E-state index contributed by atoms with van der Waals surface area (Å²) in [5, 5.41) is 0. The molecule has 6 nitrogen and oxygen atoms in total. The number of hydrogen-bond acceptors (Lipinski definition) is 6. The fourth-order valence-electron chi connectivity index (χ4n) is 10.4. The van der Waals surface area contributed by atoms with Crippen LogP contribution < -0.4 is 0 Å². The number of carbonyl (C=O) groups is 3. The van der Waals surface area contributed by atoms with Crippen LogP contribution in [0.15, 0.2) is 72.9 Å². The van der Waals surface area contributed by atoms with Crippen molar-refractivity contribution in [1.29, 1.82) is 0 Å². The Labute approximate surface area is 503 Å². The number of unbranched alkanes of at least 4 members (excludes halogenated alkanes) is 42. The lowest BCUT2D eigenvalue weighted by Gasteiger charge is -2.18. The van der Waals surface area contributed by atoms with Crippen LogP contribution in [0.25, 0.3) is 0 Å². The summed E-state index contributed by atoms with van der Waals surface area (Å²) in [6.45, 7) is 6.56. The van der Waals surface area contributed by atoms with Crippen LogP contribution >= 0.6 is 0 Å². The lowest BCUT2D eigenvalue weighted by molar-refractivity contribution is -0.167. The maximum atomic E-state index is 13.0.